The maximum Gasteiger partial charge on any atom is 0.315 e. The van der Waals surface area contributed by atoms with Crippen molar-refractivity contribution in [3.05, 3.63) is 0 Å². The zero-order chi connectivity index (χ0) is 41.1. The summed E-state index contributed by atoms with van der Waals surface area (Å²) in [6.07, 6.45) is 6.24. The molecule has 0 aromatic carbocycles. The predicted molar refractivity (Wildman–Crippen MR) is 190 cm³/mol. The number of carbonyl (C=O) groups excluding carboxylic acids is 7. The van der Waals surface area contributed by atoms with E-state index in [0.717, 1.165) is 7.11 Å². The van der Waals surface area contributed by atoms with Crippen LogP contribution in [-0.4, -0.2) is 135 Å². The van der Waals surface area contributed by atoms with Crippen molar-refractivity contribution in [3.63, 3.8) is 0 Å². The average Bonchev–Trinajstić information content (AvgIpc) is 3.17. The van der Waals surface area contributed by atoms with Gasteiger partial charge in [-0.1, -0.05) is 25.7 Å². The third-order valence-corrected chi connectivity index (χ3v) is 7.99. The Balaban J connectivity index is 5.53. The maximum absolute atomic E-state index is 13.1. The smallest absolute Gasteiger partial charge is 0.315 e. The minimum absolute atomic E-state index is 0.0217. The number of esters is 7. The van der Waals surface area contributed by atoms with Crippen LogP contribution in [0.4, 0.5) is 0 Å². The third-order valence-electron chi connectivity index (χ3n) is 7.99. The van der Waals surface area contributed by atoms with Gasteiger partial charge in [0.1, 0.15) is 57.4 Å². The molecule has 0 aliphatic heterocycles. The van der Waals surface area contributed by atoms with Gasteiger partial charge >= 0.3 is 41.8 Å². The number of methoxy groups -OCH3 is 1. The van der Waals surface area contributed by atoms with Gasteiger partial charge in [-0.2, -0.15) is 0 Å². The van der Waals surface area contributed by atoms with Crippen LogP contribution in [0, 0.1) is 17.8 Å². The second-order valence-electron chi connectivity index (χ2n) is 12.7. The molecule has 0 bridgehead atoms. The van der Waals surface area contributed by atoms with Gasteiger partial charge in [-0.15, -0.1) is 0 Å². The molecule has 4 N–H and O–H groups in total. The molecule has 0 radical (unpaired) electrons. The summed E-state index contributed by atoms with van der Waals surface area (Å²) >= 11 is 0. The summed E-state index contributed by atoms with van der Waals surface area (Å²) in [5.41, 5.74) is 0. The highest BCUT2D eigenvalue weighted by Crippen LogP contribution is 2.13. The van der Waals surface area contributed by atoms with Gasteiger partial charge in [-0.3, -0.25) is 33.6 Å². The number of rotatable bonds is 35. The van der Waals surface area contributed by atoms with E-state index in [4.69, 9.17) is 53.6 Å². The van der Waals surface area contributed by atoms with Crippen LogP contribution in [0.2, 0.25) is 0 Å². The average molecular weight is 795 g/mol. The Morgan fingerprint density at radius 1 is 0.345 bits per heavy atom. The van der Waals surface area contributed by atoms with Crippen LogP contribution in [0.1, 0.15) is 103 Å². The Morgan fingerprint density at radius 3 is 0.818 bits per heavy atom. The van der Waals surface area contributed by atoms with Crippen molar-refractivity contribution >= 4 is 41.8 Å². The van der Waals surface area contributed by atoms with E-state index < -0.39 is 99.2 Å². The van der Waals surface area contributed by atoms with E-state index in [2.05, 4.69) is 0 Å². The molecule has 0 aromatic heterocycles. The number of ether oxygens (including phenoxy) is 7. The normalized spacial score (nSPS) is 11.0. The summed E-state index contributed by atoms with van der Waals surface area (Å²) in [4.78, 5) is 87.7. The van der Waals surface area contributed by atoms with Crippen molar-refractivity contribution < 1.29 is 87.1 Å². The molecule has 0 aliphatic carbocycles. The van der Waals surface area contributed by atoms with Crippen LogP contribution in [0.25, 0.3) is 0 Å². The molecule has 0 atom stereocenters. The number of hydrogen-bond donors (Lipinski definition) is 4. The van der Waals surface area contributed by atoms with Crippen molar-refractivity contribution in [2.24, 2.45) is 17.8 Å². The summed E-state index contributed by atoms with van der Waals surface area (Å²) in [5.74, 6) is -9.29. The molecular formula is C37H62O18. The molecular weight excluding hydrogens is 732 g/mol. The zero-order valence-corrected chi connectivity index (χ0v) is 32.1. The van der Waals surface area contributed by atoms with Crippen LogP contribution in [0.15, 0.2) is 0 Å². The Labute approximate surface area is 322 Å². The van der Waals surface area contributed by atoms with Gasteiger partial charge in [0.25, 0.3) is 0 Å². The van der Waals surface area contributed by atoms with Gasteiger partial charge in [0, 0.05) is 52.1 Å². The third kappa shape index (κ3) is 28.2. The SMILES string of the molecule is COC(=O)C(COC(=O)C(COC(=O)CCCCCO)COC(=O)CCCCCO)COC(=O)C(COC(=O)CCCCCO)COC(=O)CCCCCO. The zero-order valence-electron chi connectivity index (χ0n) is 32.1. The Kier molecular flexibility index (Phi) is 32.2. The van der Waals surface area contributed by atoms with Crippen molar-refractivity contribution in [1.82, 2.24) is 0 Å². The largest absolute Gasteiger partial charge is 0.469 e. The van der Waals surface area contributed by atoms with Crippen LogP contribution < -0.4 is 0 Å². The van der Waals surface area contributed by atoms with E-state index >= 15 is 0 Å². The lowest BCUT2D eigenvalue weighted by molar-refractivity contribution is -0.165. The van der Waals surface area contributed by atoms with Gasteiger partial charge in [0.2, 0.25) is 0 Å². The highest BCUT2D eigenvalue weighted by Gasteiger charge is 2.31. The summed E-state index contributed by atoms with van der Waals surface area (Å²) in [6, 6.07) is 0. The molecule has 0 spiro atoms. The van der Waals surface area contributed by atoms with E-state index in [1.54, 1.807) is 0 Å². The Bertz CT molecular complexity index is 964. The lowest BCUT2D eigenvalue weighted by Gasteiger charge is -2.20. The fourth-order valence-corrected chi connectivity index (χ4v) is 4.61. The maximum atomic E-state index is 13.1. The summed E-state index contributed by atoms with van der Waals surface area (Å²) < 4.78 is 36.2. The fraction of sp³-hybridized carbons (Fsp3) is 0.811. The molecule has 0 aliphatic rings. The molecule has 18 heteroatoms. The molecule has 0 saturated heterocycles. The molecule has 0 rings (SSSR count). The molecule has 0 aromatic rings. The fourth-order valence-electron chi connectivity index (χ4n) is 4.61. The minimum Gasteiger partial charge on any atom is -0.469 e. The van der Waals surface area contributed by atoms with Gasteiger partial charge < -0.3 is 53.6 Å². The molecule has 0 unspecified atom stereocenters. The standard InChI is InChI=1S/C37H62O18/c1-49-35(46)28(26-54-36(47)29(22-50-31(42)14-6-2-10-18-38)23-51-32(43)15-7-3-11-19-39)27-55-37(48)30(24-52-33(44)16-8-4-12-20-40)25-53-34(45)17-9-5-13-21-41/h28-30,38-41H,2-27H2,1H3. The van der Waals surface area contributed by atoms with E-state index in [9.17, 15) is 33.6 Å². The molecule has 0 heterocycles. The van der Waals surface area contributed by atoms with Crippen molar-refractivity contribution in [3.8, 4) is 0 Å². The van der Waals surface area contributed by atoms with E-state index in [0.29, 0.717) is 77.0 Å². The number of unbranched alkanes of at least 4 members (excludes halogenated alkanes) is 8. The van der Waals surface area contributed by atoms with E-state index in [-0.39, 0.29) is 52.1 Å². The van der Waals surface area contributed by atoms with Crippen LogP contribution in [-0.2, 0) is 66.7 Å². The monoisotopic (exact) mass is 794 g/mol. The van der Waals surface area contributed by atoms with Gasteiger partial charge in [-0.25, -0.2) is 0 Å². The quantitative estimate of drug-likeness (QED) is 0.0402. The Morgan fingerprint density at radius 2 is 0.582 bits per heavy atom. The number of hydrogen-bond acceptors (Lipinski definition) is 18. The first-order valence-electron chi connectivity index (χ1n) is 19.0. The number of aliphatic hydroxyl groups is 4. The topological polar surface area (TPSA) is 265 Å². The second-order valence-corrected chi connectivity index (χ2v) is 12.7. The van der Waals surface area contributed by atoms with Crippen molar-refractivity contribution in [2.75, 3.05) is 73.2 Å². The van der Waals surface area contributed by atoms with Crippen LogP contribution >= 0.6 is 0 Å². The first kappa shape index (κ1) is 51.1. The summed E-state index contributed by atoms with van der Waals surface area (Å²) in [7, 11) is 1.06. The first-order chi connectivity index (χ1) is 26.5. The molecule has 0 saturated carbocycles. The molecule has 318 valence electrons. The van der Waals surface area contributed by atoms with Gasteiger partial charge in [-0.05, 0) is 51.4 Å². The number of aliphatic hydroxyl groups excluding tert-OH is 4. The minimum atomic E-state index is -1.34. The number of carbonyl (C=O) groups is 7. The van der Waals surface area contributed by atoms with E-state index in [1.165, 1.54) is 0 Å². The first-order valence-corrected chi connectivity index (χ1v) is 19.0. The van der Waals surface area contributed by atoms with Crippen LogP contribution in [0.5, 0.6) is 0 Å². The summed E-state index contributed by atoms with van der Waals surface area (Å²) in [5, 5.41) is 35.7. The highest BCUT2D eigenvalue weighted by molar-refractivity contribution is 5.78. The van der Waals surface area contributed by atoms with Gasteiger partial charge in [0.15, 0.2) is 0 Å². The van der Waals surface area contributed by atoms with Crippen LogP contribution in [0.3, 0.4) is 0 Å². The lowest BCUT2D eigenvalue weighted by atomic mass is 10.1. The molecule has 0 fully saturated rings. The van der Waals surface area contributed by atoms with E-state index in [1.807, 2.05) is 0 Å². The molecule has 0 amide bonds. The van der Waals surface area contributed by atoms with Crippen molar-refractivity contribution in [1.29, 1.82) is 0 Å². The second kappa shape index (κ2) is 34.6. The predicted octanol–water partition coefficient (Wildman–Crippen LogP) is 1.48. The highest BCUT2D eigenvalue weighted by atomic mass is 16.6. The summed E-state index contributed by atoms with van der Waals surface area (Å²) in [6.45, 7) is -3.42. The molecule has 18 nitrogen and oxygen atoms in total. The lowest BCUT2D eigenvalue weighted by Crippen LogP contribution is -2.35. The molecule has 55 heavy (non-hydrogen) atoms. The Hall–Kier alpha value is -3.87. The van der Waals surface area contributed by atoms with Gasteiger partial charge in [0.05, 0.1) is 7.11 Å². The van der Waals surface area contributed by atoms with Crippen molar-refractivity contribution in [2.45, 2.75) is 103 Å².